The third-order valence-corrected chi connectivity index (χ3v) is 2.86. The molecule has 0 fully saturated rings. The highest BCUT2D eigenvalue weighted by Gasteiger charge is 2.13. The van der Waals surface area contributed by atoms with Gasteiger partial charge in [-0.15, -0.1) is 0 Å². The second-order valence-corrected chi connectivity index (χ2v) is 5.14. The molecule has 0 atom stereocenters. The molecule has 0 spiro atoms. The summed E-state index contributed by atoms with van der Waals surface area (Å²) < 4.78 is 11.0. The predicted octanol–water partition coefficient (Wildman–Crippen LogP) is 2.55. The van der Waals surface area contributed by atoms with Gasteiger partial charge >= 0.3 is 0 Å². The van der Waals surface area contributed by atoms with Crippen LogP contribution < -0.4 is 9.47 Å². The Morgan fingerprint density at radius 1 is 1.18 bits per heavy atom. The van der Waals surface area contributed by atoms with Gasteiger partial charge in [-0.25, -0.2) is 0 Å². The van der Waals surface area contributed by atoms with Crippen molar-refractivity contribution in [2.24, 2.45) is 0 Å². The van der Waals surface area contributed by atoms with Gasteiger partial charge < -0.3 is 14.6 Å². The molecule has 0 aliphatic carbocycles. The summed E-state index contributed by atoms with van der Waals surface area (Å²) in [6.07, 6.45) is 2.74. The van der Waals surface area contributed by atoms with E-state index in [2.05, 4.69) is 6.07 Å². The smallest absolute Gasteiger partial charge is 0.161 e. The molecule has 3 nitrogen and oxygen atoms in total. The molecule has 1 aromatic carbocycles. The highest BCUT2D eigenvalue weighted by atomic mass is 16.6. The van der Waals surface area contributed by atoms with Gasteiger partial charge in [0.25, 0.3) is 0 Å². The minimum Gasteiger partial charge on any atom is -0.486 e. The van der Waals surface area contributed by atoms with Gasteiger partial charge in [-0.3, -0.25) is 0 Å². The molecule has 1 aromatic rings. The van der Waals surface area contributed by atoms with E-state index >= 15 is 0 Å². The Morgan fingerprint density at radius 3 is 2.59 bits per heavy atom. The average molecular weight is 236 g/mol. The van der Waals surface area contributed by atoms with Crippen LogP contribution in [0.1, 0.15) is 32.3 Å². The molecule has 94 valence electrons. The number of aryl methyl sites for hydroxylation is 1. The van der Waals surface area contributed by atoms with Crippen molar-refractivity contribution in [1.29, 1.82) is 0 Å². The molecule has 1 heterocycles. The highest BCUT2D eigenvalue weighted by Crippen LogP contribution is 2.31. The third kappa shape index (κ3) is 3.63. The Labute approximate surface area is 102 Å². The first-order chi connectivity index (χ1) is 8.04. The maximum atomic E-state index is 9.64. The summed E-state index contributed by atoms with van der Waals surface area (Å²) in [5.74, 6) is 1.68. The largest absolute Gasteiger partial charge is 0.486 e. The third-order valence-electron chi connectivity index (χ3n) is 2.86. The van der Waals surface area contributed by atoms with Crippen molar-refractivity contribution in [3.05, 3.63) is 23.8 Å². The molecule has 1 aliphatic heterocycles. The maximum Gasteiger partial charge on any atom is 0.161 e. The van der Waals surface area contributed by atoms with Crippen LogP contribution in [0.4, 0.5) is 0 Å². The van der Waals surface area contributed by atoms with Crippen LogP contribution in [0.25, 0.3) is 0 Å². The monoisotopic (exact) mass is 236 g/mol. The summed E-state index contributed by atoms with van der Waals surface area (Å²) >= 11 is 0. The Kier molecular flexibility index (Phi) is 3.57. The molecule has 1 N–H and O–H groups in total. The molecule has 2 rings (SSSR count). The Morgan fingerprint density at radius 2 is 1.88 bits per heavy atom. The van der Waals surface area contributed by atoms with Gasteiger partial charge in [0.05, 0.1) is 5.60 Å². The van der Waals surface area contributed by atoms with Crippen LogP contribution >= 0.6 is 0 Å². The van der Waals surface area contributed by atoms with E-state index in [1.165, 1.54) is 5.56 Å². The van der Waals surface area contributed by atoms with Gasteiger partial charge in [0.15, 0.2) is 11.5 Å². The second-order valence-electron chi connectivity index (χ2n) is 5.14. The topological polar surface area (TPSA) is 38.7 Å². The van der Waals surface area contributed by atoms with Crippen molar-refractivity contribution in [1.82, 2.24) is 0 Å². The summed E-state index contributed by atoms with van der Waals surface area (Å²) in [6, 6.07) is 6.07. The standard InChI is InChI=1S/C14H20O3/c1-14(2,15)7-3-4-11-5-6-12-13(10-11)17-9-8-16-12/h5-6,10,15H,3-4,7-9H2,1-2H3. The molecule has 3 heteroatoms. The number of benzene rings is 1. The number of fused-ring (bicyclic) bond motifs is 1. The lowest BCUT2D eigenvalue weighted by Gasteiger charge is -2.19. The quantitative estimate of drug-likeness (QED) is 0.873. The van der Waals surface area contributed by atoms with Crippen molar-refractivity contribution < 1.29 is 14.6 Å². The molecular formula is C14H20O3. The molecular weight excluding hydrogens is 216 g/mol. The normalized spacial score (nSPS) is 14.8. The second kappa shape index (κ2) is 4.96. The number of hydrogen-bond acceptors (Lipinski definition) is 3. The fraction of sp³-hybridized carbons (Fsp3) is 0.571. The lowest BCUT2D eigenvalue weighted by Crippen LogP contribution is -2.18. The van der Waals surface area contributed by atoms with Crippen molar-refractivity contribution in [2.75, 3.05) is 13.2 Å². The molecule has 0 saturated heterocycles. The number of hydrogen-bond donors (Lipinski definition) is 1. The van der Waals surface area contributed by atoms with Gasteiger partial charge in [0.1, 0.15) is 13.2 Å². The molecule has 0 aromatic heterocycles. The van der Waals surface area contributed by atoms with Crippen molar-refractivity contribution in [3.8, 4) is 11.5 Å². The lowest BCUT2D eigenvalue weighted by molar-refractivity contribution is 0.0689. The van der Waals surface area contributed by atoms with Gasteiger partial charge in [-0.1, -0.05) is 6.07 Å². The van der Waals surface area contributed by atoms with E-state index in [1.54, 1.807) is 0 Å². The first-order valence-corrected chi connectivity index (χ1v) is 6.15. The van der Waals surface area contributed by atoms with E-state index in [9.17, 15) is 5.11 Å². The zero-order valence-electron chi connectivity index (χ0n) is 10.5. The van der Waals surface area contributed by atoms with E-state index in [0.29, 0.717) is 13.2 Å². The van der Waals surface area contributed by atoms with Gasteiger partial charge in [0.2, 0.25) is 0 Å². The zero-order valence-corrected chi connectivity index (χ0v) is 10.5. The highest BCUT2D eigenvalue weighted by molar-refractivity contribution is 5.43. The first kappa shape index (κ1) is 12.2. The number of ether oxygens (including phenoxy) is 2. The van der Waals surface area contributed by atoms with Crippen molar-refractivity contribution in [2.45, 2.75) is 38.7 Å². The molecule has 0 radical (unpaired) electrons. The fourth-order valence-electron chi connectivity index (χ4n) is 1.97. The van der Waals surface area contributed by atoms with Gasteiger partial charge in [-0.05, 0) is 50.8 Å². The summed E-state index contributed by atoms with van der Waals surface area (Å²) in [5, 5.41) is 9.64. The van der Waals surface area contributed by atoms with E-state index in [0.717, 1.165) is 30.8 Å². The van der Waals surface area contributed by atoms with Crippen molar-refractivity contribution in [3.63, 3.8) is 0 Å². The van der Waals surface area contributed by atoms with E-state index in [1.807, 2.05) is 26.0 Å². The van der Waals surface area contributed by atoms with Crippen LogP contribution in [-0.2, 0) is 6.42 Å². The van der Waals surface area contributed by atoms with E-state index in [4.69, 9.17) is 9.47 Å². The molecule has 17 heavy (non-hydrogen) atoms. The van der Waals surface area contributed by atoms with Crippen LogP contribution in [-0.4, -0.2) is 23.9 Å². The molecule has 0 amide bonds. The Bertz CT molecular complexity index is 380. The molecule has 0 bridgehead atoms. The Hall–Kier alpha value is -1.22. The van der Waals surface area contributed by atoms with Crippen LogP contribution in [0.2, 0.25) is 0 Å². The minimum atomic E-state index is -0.576. The number of rotatable bonds is 4. The summed E-state index contributed by atoms with van der Waals surface area (Å²) in [5.41, 5.74) is 0.659. The van der Waals surface area contributed by atoms with Crippen LogP contribution in [0.15, 0.2) is 18.2 Å². The number of aliphatic hydroxyl groups is 1. The summed E-state index contributed by atoms with van der Waals surface area (Å²) in [6.45, 7) is 4.94. The summed E-state index contributed by atoms with van der Waals surface area (Å²) in [7, 11) is 0. The van der Waals surface area contributed by atoms with Crippen LogP contribution in [0.3, 0.4) is 0 Å². The Balaban J connectivity index is 1.93. The maximum absolute atomic E-state index is 9.64. The minimum absolute atomic E-state index is 0.576. The zero-order chi connectivity index (χ0) is 12.3. The van der Waals surface area contributed by atoms with E-state index in [-0.39, 0.29) is 0 Å². The van der Waals surface area contributed by atoms with Crippen LogP contribution in [0, 0.1) is 0 Å². The lowest BCUT2D eigenvalue weighted by atomic mass is 9.99. The van der Waals surface area contributed by atoms with E-state index < -0.39 is 5.60 Å². The van der Waals surface area contributed by atoms with Gasteiger partial charge in [0, 0.05) is 0 Å². The fourth-order valence-corrected chi connectivity index (χ4v) is 1.97. The van der Waals surface area contributed by atoms with Crippen molar-refractivity contribution >= 4 is 0 Å². The SMILES string of the molecule is CC(C)(O)CCCc1ccc2c(c1)OCCO2. The molecule has 1 aliphatic rings. The average Bonchev–Trinajstić information content (AvgIpc) is 2.27. The first-order valence-electron chi connectivity index (χ1n) is 6.15. The summed E-state index contributed by atoms with van der Waals surface area (Å²) in [4.78, 5) is 0. The molecule has 0 saturated carbocycles. The molecule has 0 unspecified atom stereocenters. The van der Waals surface area contributed by atoms with Crippen LogP contribution in [0.5, 0.6) is 11.5 Å². The predicted molar refractivity (Wildman–Crippen MR) is 66.7 cm³/mol. The van der Waals surface area contributed by atoms with Gasteiger partial charge in [-0.2, -0.15) is 0 Å².